The zero-order chi connectivity index (χ0) is 28.7. The number of piperazine rings is 1. The summed E-state index contributed by atoms with van der Waals surface area (Å²) in [7, 11) is -1.61. The maximum atomic E-state index is 14.0. The minimum absolute atomic E-state index is 0.199. The third kappa shape index (κ3) is 4.97. The molecule has 208 valence electrons. The van der Waals surface area contributed by atoms with Gasteiger partial charge in [0.2, 0.25) is 0 Å². The summed E-state index contributed by atoms with van der Waals surface area (Å²) >= 11 is 0. The predicted molar refractivity (Wildman–Crippen MR) is 155 cm³/mol. The minimum atomic E-state index is -1.61. The second-order valence-electron chi connectivity index (χ2n) is 10.3. The molecule has 4 aromatic rings. The number of carbonyl (C=O) groups is 3. The van der Waals surface area contributed by atoms with Gasteiger partial charge in [0.15, 0.2) is 5.76 Å². The predicted octanol–water partition coefficient (Wildman–Crippen LogP) is 4.82. The molecular weight excluding hydrogens is 538 g/mol. The number of nitrogens with zero attached hydrogens (tertiary/aromatic N) is 3. The van der Waals surface area contributed by atoms with Gasteiger partial charge in [-0.2, -0.15) is 0 Å². The molecule has 1 aromatic heterocycles. The van der Waals surface area contributed by atoms with E-state index >= 15 is 0 Å². The van der Waals surface area contributed by atoms with Crippen LogP contribution in [-0.2, 0) is 17.3 Å². The van der Waals surface area contributed by atoms with Gasteiger partial charge in [-0.3, -0.25) is 14.4 Å². The van der Waals surface area contributed by atoms with E-state index < -0.39 is 10.8 Å². The molecule has 0 saturated carbocycles. The monoisotopic (exact) mass is 567 g/mol. The summed E-state index contributed by atoms with van der Waals surface area (Å²) in [6.07, 6.45) is 1.46. The molecule has 1 saturated heterocycles. The van der Waals surface area contributed by atoms with Crippen molar-refractivity contribution in [1.82, 2.24) is 9.80 Å². The molecule has 8 nitrogen and oxygen atoms in total. The first-order valence-electron chi connectivity index (χ1n) is 13.5. The summed E-state index contributed by atoms with van der Waals surface area (Å²) in [5.74, 6) is -0.388. The lowest BCUT2D eigenvalue weighted by molar-refractivity contribution is 0.0518. The van der Waals surface area contributed by atoms with E-state index in [4.69, 9.17) is 4.42 Å². The van der Waals surface area contributed by atoms with Crippen LogP contribution in [-0.4, -0.2) is 57.9 Å². The summed E-state index contributed by atoms with van der Waals surface area (Å²) in [4.78, 5) is 46.2. The van der Waals surface area contributed by atoms with E-state index in [0.29, 0.717) is 52.8 Å². The van der Waals surface area contributed by atoms with Crippen molar-refractivity contribution in [3.05, 3.63) is 113 Å². The number of fused-ring (bicyclic) bond motifs is 2. The third-order valence-corrected chi connectivity index (χ3v) is 9.18. The van der Waals surface area contributed by atoms with Crippen LogP contribution in [0.1, 0.15) is 48.0 Å². The van der Waals surface area contributed by atoms with E-state index in [1.54, 1.807) is 69.3 Å². The van der Waals surface area contributed by atoms with E-state index in [1.807, 2.05) is 26.0 Å². The van der Waals surface area contributed by atoms with E-state index in [2.05, 4.69) is 6.07 Å². The molecule has 3 heterocycles. The van der Waals surface area contributed by atoms with E-state index in [9.17, 15) is 18.6 Å². The van der Waals surface area contributed by atoms with Gasteiger partial charge in [0.1, 0.15) is 0 Å². The topological polar surface area (TPSA) is 91.1 Å². The number of anilines is 1. The molecule has 2 aliphatic heterocycles. The third-order valence-electron chi connectivity index (χ3n) is 7.68. The number of rotatable bonds is 4. The highest BCUT2D eigenvalue weighted by molar-refractivity contribution is 7.85. The molecular formula is C32H29N3O5S. The Labute approximate surface area is 240 Å². The van der Waals surface area contributed by atoms with Gasteiger partial charge in [0.05, 0.1) is 44.6 Å². The molecule has 0 unspecified atom stereocenters. The molecule has 3 amide bonds. The van der Waals surface area contributed by atoms with Crippen LogP contribution in [0, 0.1) is 13.8 Å². The molecule has 3 aromatic carbocycles. The molecule has 1 atom stereocenters. The summed E-state index contributed by atoms with van der Waals surface area (Å²) in [5.41, 5.74) is 4.34. The van der Waals surface area contributed by atoms with Crippen molar-refractivity contribution in [2.75, 3.05) is 31.1 Å². The second-order valence-corrected chi connectivity index (χ2v) is 11.7. The lowest BCUT2D eigenvalue weighted by Crippen LogP contribution is -2.50. The molecule has 9 heteroatoms. The van der Waals surface area contributed by atoms with Crippen molar-refractivity contribution in [2.24, 2.45) is 0 Å². The van der Waals surface area contributed by atoms with Crippen LogP contribution < -0.4 is 4.90 Å². The van der Waals surface area contributed by atoms with Gasteiger partial charge in [-0.1, -0.05) is 35.9 Å². The maximum absolute atomic E-state index is 14.0. The van der Waals surface area contributed by atoms with Crippen molar-refractivity contribution in [2.45, 2.75) is 30.2 Å². The van der Waals surface area contributed by atoms with Crippen molar-refractivity contribution < 1.29 is 23.0 Å². The number of amides is 3. The summed E-state index contributed by atoms with van der Waals surface area (Å²) in [6.45, 7) is 5.77. The van der Waals surface area contributed by atoms with Crippen LogP contribution in [0.4, 0.5) is 5.69 Å². The first kappa shape index (κ1) is 26.7. The number of benzene rings is 3. The molecule has 0 bridgehead atoms. The van der Waals surface area contributed by atoms with Gasteiger partial charge in [0.25, 0.3) is 17.7 Å². The summed E-state index contributed by atoms with van der Waals surface area (Å²) < 4.78 is 19.0. The number of hydrogen-bond donors (Lipinski definition) is 0. The van der Waals surface area contributed by atoms with E-state index in [0.717, 1.165) is 16.7 Å². The Hall–Kier alpha value is -4.50. The summed E-state index contributed by atoms with van der Waals surface area (Å²) in [6, 6.07) is 21.4. The van der Waals surface area contributed by atoms with Crippen molar-refractivity contribution in [3.8, 4) is 0 Å². The standard InChI is InChI=1S/C32H29N3O5S/c1-21-9-10-22(2)24(18-21)20-35-26-19-23(11-12-29(26)41(39)28-8-4-3-6-25(28)31(35)37)30(36)33-13-15-34(16-14-33)32(38)27-7-5-17-40-27/h3-12,17-19H,13-16,20H2,1-2H3/t41-/m1/s1. The SMILES string of the molecule is Cc1ccc(C)c(CN2C(=O)c3ccccc3[S@@](=O)c3ccc(C(=O)N4CCN(C(=O)c5ccco5)CC4)cc32)c1. The number of carbonyl (C=O) groups excluding carboxylic acids is 3. The molecule has 0 spiro atoms. The first-order chi connectivity index (χ1) is 19.8. The molecule has 6 rings (SSSR count). The quantitative estimate of drug-likeness (QED) is 0.353. The number of aryl methyl sites for hydroxylation is 2. The van der Waals surface area contributed by atoms with Crippen molar-refractivity contribution in [3.63, 3.8) is 0 Å². The van der Waals surface area contributed by atoms with Crippen LogP contribution in [0.3, 0.4) is 0 Å². The Morgan fingerprint density at radius 1 is 0.829 bits per heavy atom. The number of furan rings is 1. The molecule has 1 fully saturated rings. The molecule has 0 N–H and O–H groups in total. The Balaban J connectivity index is 1.32. The largest absolute Gasteiger partial charge is 0.459 e. The smallest absolute Gasteiger partial charge is 0.289 e. The second kappa shape index (κ2) is 10.8. The average molecular weight is 568 g/mol. The van der Waals surface area contributed by atoms with Gasteiger partial charge >= 0.3 is 0 Å². The highest BCUT2D eigenvalue weighted by atomic mass is 32.2. The van der Waals surface area contributed by atoms with Crippen LogP contribution in [0.25, 0.3) is 0 Å². The summed E-state index contributed by atoms with van der Waals surface area (Å²) in [5, 5.41) is 0. The van der Waals surface area contributed by atoms with E-state index in [-0.39, 0.29) is 30.0 Å². The van der Waals surface area contributed by atoms with Crippen LogP contribution >= 0.6 is 0 Å². The van der Waals surface area contributed by atoms with Gasteiger partial charge in [-0.05, 0) is 67.4 Å². The van der Waals surface area contributed by atoms with Gasteiger partial charge in [-0.15, -0.1) is 0 Å². The zero-order valence-electron chi connectivity index (χ0n) is 22.8. The van der Waals surface area contributed by atoms with Crippen LogP contribution in [0.2, 0.25) is 0 Å². The molecule has 41 heavy (non-hydrogen) atoms. The highest BCUT2D eigenvalue weighted by Gasteiger charge is 2.33. The Kier molecular flexibility index (Phi) is 7.05. The Bertz CT molecular complexity index is 1690. The average Bonchev–Trinajstić information content (AvgIpc) is 3.53. The fourth-order valence-corrected chi connectivity index (χ4v) is 6.69. The minimum Gasteiger partial charge on any atom is -0.459 e. The van der Waals surface area contributed by atoms with Crippen LogP contribution in [0.15, 0.2) is 93.3 Å². The fraction of sp³-hybridized carbons (Fsp3) is 0.219. The molecule has 2 aliphatic rings. The normalized spacial score (nSPS) is 16.7. The lowest BCUT2D eigenvalue weighted by Gasteiger charge is -2.34. The van der Waals surface area contributed by atoms with Gasteiger partial charge < -0.3 is 19.1 Å². The van der Waals surface area contributed by atoms with E-state index in [1.165, 1.54) is 6.26 Å². The van der Waals surface area contributed by atoms with Crippen molar-refractivity contribution in [1.29, 1.82) is 0 Å². The first-order valence-corrected chi connectivity index (χ1v) is 14.6. The molecule has 0 aliphatic carbocycles. The van der Waals surface area contributed by atoms with Crippen molar-refractivity contribution >= 4 is 34.2 Å². The number of hydrogen-bond acceptors (Lipinski definition) is 5. The van der Waals surface area contributed by atoms with Gasteiger partial charge in [0, 0.05) is 31.7 Å². The lowest BCUT2D eigenvalue weighted by atomic mass is 10.0. The highest BCUT2D eigenvalue weighted by Crippen LogP contribution is 2.36. The zero-order valence-corrected chi connectivity index (χ0v) is 23.6. The Morgan fingerprint density at radius 2 is 1.56 bits per heavy atom. The Morgan fingerprint density at radius 3 is 2.29 bits per heavy atom. The van der Waals surface area contributed by atoms with Gasteiger partial charge in [-0.25, -0.2) is 4.21 Å². The maximum Gasteiger partial charge on any atom is 0.289 e. The van der Waals surface area contributed by atoms with Crippen LogP contribution in [0.5, 0.6) is 0 Å². The molecule has 0 radical (unpaired) electrons. The fourth-order valence-electron chi connectivity index (χ4n) is 5.35.